The van der Waals surface area contributed by atoms with E-state index in [-0.39, 0.29) is 6.42 Å². The molecular weight excluding hydrogens is 300 g/mol. The summed E-state index contributed by atoms with van der Waals surface area (Å²) in [5.41, 5.74) is 0.542. The lowest BCUT2D eigenvalue weighted by atomic mass is 10.2. The van der Waals surface area contributed by atoms with Crippen LogP contribution >= 0.6 is 15.9 Å². The van der Waals surface area contributed by atoms with Crippen LogP contribution in [0.25, 0.3) is 0 Å². The van der Waals surface area contributed by atoms with Gasteiger partial charge in [0, 0.05) is 10.9 Å². The number of carboxylic acid groups (broad SMARTS) is 1. The van der Waals surface area contributed by atoms with Crippen LogP contribution in [-0.4, -0.2) is 23.1 Å². The molecule has 3 N–H and O–H groups in total. The molecule has 0 spiro atoms. The van der Waals surface area contributed by atoms with Crippen molar-refractivity contribution in [1.29, 1.82) is 0 Å². The number of amides is 2. The summed E-state index contributed by atoms with van der Waals surface area (Å²) in [5.74, 6) is 1.03. The second-order valence-corrected chi connectivity index (χ2v) is 4.23. The Morgan fingerprint density at radius 3 is 2.67 bits per heavy atom. The van der Waals surface area contributed by atoms with Crippen molar-refractivity contribution in [2.75, 3.05) is 5.32 Å². The van der Waals surface area contributed by atoms with Crippen LogP contribution in [0.5, 0.6) is 0 Å². The highest BCUT2D eigenvalue weighted by Gasteiger charge is 2.18. The Balaban J connectivity index is 2.64. The molecule has 0 aliphatic carbocycles. The van der Waals surface area contributed by atoms with E-state index in [2.05, 4.69) is 32.5 Å². The van der Waals surface area contributed by atoms with Crippen molar-refractivity contribution in [1.82, 2.24) is 5.32 Å². The van der Waals surface area contributed by atoms with E-state index >= 15 is 0 Å². The maximum atomic E-state index is 11.6. The summed E-state index contributed by atoms with van der Waals surface area (Å²) in [5, 5.41) is 13.6. The molecule has 0 aromatic heterocycles. The number of carbonyl (C=O) groups is 2. The molecule has 1 rings (SSSR count). The number of carbonyl (C=O) groups excluding carboxylic acids is 1. The topological polar surface area (TPSA) is 78.4 Å². The molecule has 2 amide bonds. The first kappa shape index (κ1) is 14.1. The summed E-state index contributed by atoms with van der Waals surface area (Å²) in [6, 6.07) is 5.26. The Morgan fingerprint density at radius 1 is 1.44 bits per heavy atom. The van der Waals surface area contributed by atoms with Crippen molar-refractivity contribution in [3.63, 3.8) is 0 Å². The average Bonchev–Trinajstić information content (AvgIpc) is 2.31. The van der Waals surface area contributed by atoms with Gasteiger partial charge in [-0.25, -0.2) is 9.59 Å². The number of terminal acetylenes is 1. The first-order chi connectivity index (χ1) is 8.54. The minimum atomic E-state index is -1.17. The number of benzene rings is 1. The lowest BCUT2D eigenvalue weighted by molar-refractivity contribution is -0.139. The number of aliphatic carboxylic acids is 1. The Hall–Kier alpha value is -2.00. The van der Waals surface area contributed by atoms with Gasteiger partial charge < -0.3 is 15.7 Å². The predicted molar refractivity (Wildman–Crippen MR) is 71.2 cm³/mol. The van der Waals surface area contributed by atoms with Crippen molar-refractivity contribution in [2.24, 2.45) is 0 Å². The molecule has 1 unspecified atom stereocenters. The van der Waals surface area contributed by atoms with Gasteiger partial charge in [0.15, 0.2) is 0 Å². The van der Waals surface area contributed by atoms with Crippen LogP contribution in [0.1, 0.15) is 6.42 Å². The predicted octanol–water partition coefficient (Wildman–Crippen LogP) is 2.05. The van der Waals surface area contributed by atoms with Gasteiger partial charge in [-0.05, 0) is 28.1 Å². The number of nitrogens with one attached hydrogen (secondary N) is 2. The fourth-order valence-corrected chi connectivity index (χ4v) is 1.58. The summed E-state index contributed by atoms with van der Waals surface area (Å²) in [6.07, 6.45) is 4.96. The Morgan fingerprint density at radius 2 is 2.11 bits per heavy atom. The standard InChI is InChI=1S/C12H11BrN2O3/c1-2-5-10(11(16)17)15-12(18)14-9-7-4-3-6-8(9)13/h1,3-4,6-7,10H,5H2,(H,16,17)(H2,14,15,18). The third-order valence-corrected chi connectivity index (χ3v) is 2.74. The van der Waals surface area contributed by atoms with Crippen LogP contribution in [0.2, 0.25) is 0 Å². The molecule has 1 atom stereocenters. The van der Waals surface area contributed by atoms with E-state index < -0.39 is 18.0 Å². The molecule has 0 aliphatic rings. The molecule has 0 bridgehead atoms. The van der Waals surface area contributed by atoms with Crippen LogP contribution in [0.4, 0.5) is 10.5 Å². The van der Waals surface area contributed by atoms with Gasteiger partial charge in [-0.3, -0.25) is 0 Å². The zero-order valence-corrected chi connectivity index (χ0v) is 10.9. The number of hydrogen-bond donors (Lipinski definition) is 3. The summed E-state index contributed by atoms with van der Waals surface area (Å²) < 4.78 is 0.698. The summed E-state index contributed by atoms with van der Waals surface area (Å²) in [6.45, 7) is 0. The molecule has 0 aliphatic heterocycles. The quantitative estimate of drug-likeness (QED) is 0.745. The highest BCUT2D eigenvalue weighted by molar-refractivity contribution is 9.10. The van der Waals surface area contributed by atoms with Crippen molar-refractivity contribution in [2.45, 2.75) is 12.5 Å². The lowest BCUT2D eigenvalue weighted by Crippen LogP contribution is -2.42. The molecule has 18 heavy (non-hydrogen) atoms. The van der Waals surface area contributed by atoms with Crippen LogP contribution in [0.3, 0.4) is 0 Å². The van der Waals surface area contributed by atoms with Gasteiger partial charge in [0.25, 0.3) is 0 Å². The van der Waals surface area contributed by atoms with Gasteiger partial charge >= 0.3 is 12.0 Å². The fourth-order valence-electron chi connectivity index (χ4n) is 1.20. The van der Waals surface area contributed by atoms with E-state index in [0.717, 1.165) is 0 Å². The molecule has 1 aromatic rings. The minimum absolute atomic E-state index is 0.0707. The van der Waals surface area contributed by atoms with Gasteiger partial charge in [0.2, 0.25) is 0 Å². The molecule has 0 saturated carbocycles. The van der Waals surface area contributed by atoms with E-state index in [9.17, 15) is 9.59 Å². The lowest BCUT2D eigenvalue weighted by Gasteiger charge is -2.13. The molecule has 0 radical (unpaired) electrons. The maximum absolute atomic E-state index is 11.6. The number of anilines is 1. The smallest absolute Gasteiger partial charge is 0.327 e. The van der Waals surface area contributed by atoms with Crippen molar-refractivity contribution in [3.8, 4) is 12.3 Å². The highest BCUT2D eigenvalue weighted by Crippen LogP contribution is 2.20. The zero-order chi connectivity index (χ0) is 13.5. The van der Waals surface area contributed by atoms with E-state index in [4.69, 9.17) is 11.5 Å². The normalized spacial score (nSPS) is 11.1. The Bertz CT molecular complexity index is 496. The van der Waals surface area contributed by atoms with Crippen LogP contribution < -0.4 is 10.6 Å². The van der Waals surface area contributed by atoms with Crippen molar-refractivity contribution < 1.29 is 14.7 Å². The van der Waals surface area contributed by atoms with E-state index in [1.807, 2.05) is 0 Å². The Kier molecular flexibility index (Phi) is 5.21. The third kappa shape index (κ3) is 4.11. The SMILES string of the molecule is C#CCC(NC(=O)Nc1ccccc1Br)C(=O)O. The van der Waals surface area contributed by atoms with E-state index in [1.165, 1.54) is 0 Å². The van der Waals surface area contributed by atoms with Crippen LogP contribution in [-0.2, 0) is 4.79 Å². The first-order valence-corrected chi connectivity index (χ1v) is 5.82. The Labute approximate surface area is 113 Å². The summed E-state index contributed by atoms with van der Waals surface area (Å²) in [7, 11) is 0. The van der Waals surface area contributed by atoms with Crippen LogP contribution in [0, 0.1) is 12.3 Å². The number of rotatable bonds is 4. The van der Waals surface area contributed by atoms with Crippen molar-refractivity contribution >= 4 is 33.6 Å². The van der Waals surface area contributed by atoms with Gasteiger partial charge in [-0.1, -0.05) is 12.1 Å². The number of hydrogen-bond acceptors (Lipinski definition) is 2. The van der Waals surface area contributed by atoms with E-state index in [0.29, 0.717) is 10.2 Å². The molecule has 94 valence electrons. The zero-order valence-electron chi connectivity index (χ0n) is 9.31. The minimum Gasteiger partial charge on any atom is -0.480 e. The molecule has 5 nitrogen and oxygen atoms in total. The fraction of sp³-hybridized carbons (Fsp3) is 0.167. The number of para-hydroxylation sites is 1. The maximum Gasteiger partial charge on any atom is 0.327 e. The molecule has 0 fully saturated rings. The largest absolute Gasteiger partial charge is 0.480 e. The molecule has 0 saturated heterocycles. The monoisotopic (exact) mass is 310 g/mol. The second kappa shape index (κ2) is 6.67. The van der Waals surface area contributed by atoms with Crippen LogP contribution in [0.15, 0.2) is 28.7 Å². The summed E-state index contributed by atoms with van der Waals surface area (Å²) >= 11 is 3.26. The number of carboxylic acids is 1. The van der Waals surface area contributed by atoms with Gasteiger partial charge in [0.1, 0.15) is 6.04 Å². The molecule has 6 heteroatoms. The molecule has 1 aromatic carbocycles. The first-order valence-electron chi connectivity index (χ1n) is 5.03. The number of urea groups is 1. The second-order valence-electron chi connectivity index (χ2n) is 3.38. The third-order valence-electron chi connectivity index (χ3n) is 2.05. The van der Waals surface area contributed by atoms with Gasteiger partial charge in [-0.15, -0.1) is 12.3 Å². The summed E-state index contributed by atoms with van der Waals surface area (Å²) in [4.78, 5) is 22.4. The molecular formula is C12H11BrN2O3. The van der Waals surface area contributed by atoms with E-state index in [1.54, 1.807) is 24.3 Å². The van der Waals surface area contributed by atoms with Gasteiger partial charge in [-0.2, -0.15) is 0 Å². The van der Waals surface area contributed by atoms with Gasteiger partial charge in [0.05, 0.1) is 5.69 Å². The number of halogens is 1. The highest BCUT2D eigenvalue weighted by atomic mass is 79.9. The molecule has 0 heterocycles. The average molecular weight is 311 g/mol. The van der Waals surface area contributed by atoms with Crippen molar-refractivity contribution in [3.05, 3.63) is 28.7 Å².